The number of carbonyl (C=O) groups is 1. The molecule has 0 bridgehead atoms. The Labute approximate surface area is 162 Å². The number of carbonyl (C=O) groups excluding carboxylic acids is 1. The standard InChI is InChI=1S/C21H22N2O5/c1-26-16-3-2-4-17(10-16)27-12-15(24)11-22-20(25)14-7-8-18-19(9-14)28-21(23-18)13-5-6-13/h2-4,7-10,13,15,24H,5-6,11-12H2,1H3,(H,22,25). The fourth-order valence-electron chi connectivity index (χ4n) is 2.84. The van der Waals surface area contributed by atoms with E-state index in [1.54, 1.807) is 43.5 Å². The Hall–Kier alpha value is -3.06. The van der Waals surface area contributed by atoms with Gasteiger partial charge in [0.2, 0.25) is 0 Å². The molecule has 2 aromatic carbocycles. The number of aromatic nitrogens is 1. The first-order valence-electron chi connectivity index (χ1n) is 9.26. The number of aliphatic hydroxyl groups is 1. The van der Waals surface area contributed by atoms with Crippen LogP contribution in [0, 0.1) is 0 Å². The smallest absolute Gasteiger partial charge is 0.251 e. The predicted molar refractivity (Wildman–Crippen MR) is 103 cm³/mol. The molecule has 1 heterocycles. The molecule has 146 valence electrons. The number of hydrogen-bond donors (Lipinski definition) is 2. The molecule has 7 nitrogen and oxygen atoms in total. The van der Waals surface area contributed by atoms with E-state index in [4.69, 9.17) is 13.9 Å². The number of fused-ring (bicyclic) bond motifs is 1. The normalized spacial score (nSPS) is 14.6. The van der Waals surface area contributed by atoms with Crippen LogP contribution in [0.1, 0.15) is 35.0 Å². The minimum absolute atomic E-state index is 0.0549. The highest BCUT2D eigenvalue weighted by atomic mass is 16.5. The van der Waals surface area contributed by atoms with Crippen LogP contribution < -0.4 is 14.8 Å². The van der Waals surface area contributed by atoms with E-state index in [1.807, 2.05) is 6.07 Å². The van der Waals surface area contributed by atoms with Gasteiger partial charge in [-0.05, 0) is 43.2 Å². The van der Waals surface area contributed by atoms with Crippen LogP contribution in [0.5, 0.6) is 11.5 Å². The van der Waals surface area contributed by atoms with E-state index in [-0.39, 0.29) is 19.1 Å². The topological polar surface area (TPSA) is 93.8 Å². The molecule has 0 radical (unpaired) electrons. The van der Waals surface area contributed by atoms with E-state index < -0.39 is 6.10 Å². The summed E-state index contributed by atoms with van der Waals surface area (Å²) in [5, 5.41) is 12.8. The first-order valence-corrected chi connectivity index (χ1v) is 9.26. The number of aliphatic hydroxyl groups excluding tert-OH is 1. The van der Waals surface area contributed by atoms with Gasteiger partial charge in [-0.2, -0.15) is 0 Å². The summed E-state index contributed by atoms with van der Waals surface area (Å²) >= 11 is 0. The first-order chi connectivity index (χ1) is 13.6. The molecule has 1 fully saturated rings. The molecule has 4 rings (SSSR count). The number of oxazole rings is 1. The molecule has 1 saturated carbocycles. The van der Waals surface area contributed by atoms with Crippen LogP contribution in [0.2, 0.25) is 0 Å². The van der Waals surface area contributed by atoms with Crippen LogP contribution in [-0.4, -0.2) is 42.4 Å². The lowest BCUT2D eigenvalue weighted by Gasteiger charge is -2.13. The summed E-state index contributed by atoms with van der Waals surface area (Å²) in [6.45, 7) is 0.129. The molecule has 2 N–H and O–H groups in total. The molecule has 7 heteroatoms. The number of amides is 1. The van der Waals surface area contributed by atoms with Gasteiger partial charge in [0.1, 0.15) is 29.7 Å². The quantitative estimate of drug-likeness (QED) is 0.622. The predicted octanol–water partition coefficient (Wildman–Crippen LogP) is 2.88. The number of nitrogens with one attached hydrogen (secondary N) is 1. The van der Waals surface area contributed by atoms with Crippen molar-refractivity contribution >= 4 is 17.0 Å². The van der Waals surface area contributed by atoms with Crippen molar-refractivity contribution in [1.29, 1.82) is 0 Å². The van der Waals surface area contributed by atoms with Crippen LogP contribution in [0.25, 0.3) is 11.1 Å². The molecular formula is C21H22N2O5. The monoisotopic (exact) mass is 382 g/mol. The summed E-state index contributed by atoms with van der Waals surface area (Å²) in [6.07, 6.45) is 1.37. The lowest BCUT2D eigenvalue weighted by Crippen LogP contribution is -2.35. The zero-order chi connectivity index (χ0) is 19.5. The Morgan fingerprint density at radius 1 is 1.29 bits per heavy atom. The van der Waals surface area contributed by atoms with Gasteiger partial charge in [-0.25, -0.2) is 4.98 Å². The van der Waals surface area contributed by atoms with Crippen molar-refractivity contribution in [3.63, 3.8) is 0 Å². The van der Waals surface area contributed by atoms with E-state index in [0.717, 1.165) is 24.2 Å². The molecule has 0 aliphatic heterocycles. The molecule has 1 atom stereocenters. The van der Waals surface area contributed by atoms with Crippen molar-refractivity contribution in [1.82, 2.24) is 10.3 Å². The van der Waals surface area contributed by atoms with Gasteiger partial charge >= 0.3 is 0 Å². The van der Waals surface area contributed by atoms with Crippen molar-refractivity contribution in [2.24, 2.45) is 0 Å². The Balaban J connectivity index is 1.30. The fourth-order valence-corrected chi connectivity index (χ4v) is 2.84. The highest BCUT2D eigenvalue weighted by molar-refractivity contribution is 5.97. The summed E-state index contributed by atoms with van der Waals surface area (Å²) < 4.78 is 16.4. The second-order valence-corrected chi connectivity index (χ2v) is 6.86. The highest BCUT2D eigenvalue weighted by Crippen LogP contribution is 2.40. The summed E-state index contributed by atoms with van der Waals surface area (Å²) in [5.41, 5.74) is 1.83. The number of ether oxygens (including phenoxy) is 2. The van der Waals surface area contributed by atoms with E-state index in [9.17, 15) is 9.90 Å². The maximum absolute atomic E-state index is 12.4. The summed E-state index contributed by atoms with van der Waals surface area (Å²) in [4.78, 5) is 16.8. The summed E-state index contributed by atoms with van der Waals surface area (Å²) in [6, 6.07) is 12.3. The molecule has 0 saturated heterocycles. The van der Waals surface area contributed by atoms with Gasteiger partial charge in [0, 0.05) is 24.1 Å². The fraction of sp³-hybridized carbons (Fsp3) is 0.333. The van der Waals surface area contributed by atoms with Crippen molar-refractivity contribution < 1.29 is 23.8 Å². The molecular weight excluding hydrogens is 360 g/mol. The van der Waals surface area contributed by atoms with E-state index in [0.29, 0.717) is 28.6 Å². The number of hydrogen-bond acceptors (Lipinski definition) is 6. The molecule has 1 aromatic heterocycles. The van der Waals surface area contributed by atoms with Gasteiger partial charge < -0.3 is 24.3 Å². The number of nitrogens with zero attached hydrogens (tertiary/aromatic N) is 1. The molecule has 0 spiro atoms. The van der Waals surface area contributed by atoms with Crippen molar-refractivity contribution in [3.8, 4) is 11.5 Å². The number of benzene rings is 2. The van der Waals surface area contributed by atoms with Crippen molar-refractivity contribution in [2.45, 2.75) is 24.9 Å². The second-order valence-electron chi connectivity index (χ2n) is 6.86. The van der Waals surface area contributed by atoms with Gasteiger partial charge in [-0.3, -0.25) is 4.79 Å². The van der Waals surface area contributed by atoms with Gasteiger partial charge in [-0.15, -0.1) is 0 Å². The maximum atomic E-state index is 12.4. The maximum Gasteiger partial charge on any atom is 0.251 e. The minimum Gasteiger partial charge on any atom is -0.497 e. The third-order valence-electron chi connectivity index (χ3n) is 4.58. The molecule has 1 unspecified atom stereocenters. The van der Waals surface area contributed by atoms with Gasteiger partial charge in [0.05, 0.1) is 7.11 Å². The SMILES string of the molecule is COc1cccc(OCC(O)CNC(=O)c2ccc3nc(C4CC4)oc3c2)c1. The first kappa shape index (κ1) is 18.3. The van der Waals surface area contributed by atoms with Gasteiger partial charge in [-0.1, -0.05) is 6.07 Å². The second kappa shape index (κ2) is 7.90. The molecule has 1 aliphatic rings. The van der Waals surface area contributed by atoms with Crippen LogP contribution in [0.15, 0.2) is 46.9 Å². The zero-order valence-electron chi connectivity index (χ0n) is 15.6. The Morgan fingerprint density at radius 3 is 2.89 bits per heavy atom. The number of rotatable bonds is 8. The summed E-state index contributed by atoms with van der Waals surface area (Å²) in [7, 11) is 1.58. The Kier molecular flexibility index (Phi) is 5.16. The zero-order valence-corrected chi connectivity index (χ0v) is 15.6. The molecule has 1 amide bonds. The molecule has 3 aromatic rings. The third-order valence-corrected chi connectivity index (χ3v) is 4.58. The van der Waals surface area contributed by atoms with Crippen LogP contribution in [0.3, 0.4) is 0 Å². The third kappa shape index (κ3) is 4.26. The Morgan fingerprint density at radius 2 is 2.11 bits per heavy atom. The van der Waals surface area contributed by atoms with E-state index in [1.165, 1.54) is 0 Å². The van der Waals surface area contributed by atoms with Gasteiger partial charge in [0.15, 0.2) is 11.5 Å². The average Bonchev–Trinajstić information content (AvgIpc) is 3.49. The van der Waals surface area contributed by atoms with Crippen LogP contribution in [0.4, 0.5) is 0 Å². The molecule has 1 aliphatic carbocycles. The highest BCUT2D eigenvalue weighted by Gasteiger charge is 2.29. The van der Waals surface area contributed by atoms with E-state index >= 15 is 0 Å². The van der Waals surface area contributed by atoms with Crippen LogP contribution in [-0.2, 0) is 0 Å². The average molecular weight is 382 g/mol. The lowest BCUT2D eigenvalue weighted by atomic mass is 10.2. The lowest BCUT2D eigenvalue weighted by molar-refractivity contribution is 0.0843. The summed E-state index contributed by atoms with van der Waals surface area (Å²) in [5.74, 6) is 2.15. The van der Waals surface area contributed by atoms with E-state index in [2.05, 4.69) is 10.3 Å². The Bertz CT molecular complexity index is 980. The van der Waals surface area contributed by atoms with Crippen LogP contribution >= 0.6 is 0 Å². The van der Waals surface area contributed by atoms with Crippen molar-refractivity contribution in [2.75, 3.05) is 20.3 Å². The van der Waals surface area contributed by atoms with Gasteiger partial charge in [0.25, 0.3) is 5.91 Å². The minimum atomic E-state index is -0.842. The largest absolute Gasteiger partial charge is 0.497 e. The van der Waals surface area contributed by atoms with Crippen molar-refractivity contribution in [3.05, 3.63) is 53.9 Å². The number of methoxy groups -OCH3 is 1. The molecule has 28 heavy (non-hydrogen) atoms.